The molecule has 0 atom stereocenters. The number of hydrogen-bond donors (Lipinski definition) is 0. The number of nitrogens with zero attached hydrogens (tertiary/aromatic N) is 3. The van der Waals surface area contributed by atoms with Gasteiger partial charge in [-0.15, -0.1) is 10.2 Å². The second-order valence-corrected chi connectivity index (χ2v) is 8.91. The second-order valence-electron chi connectivity index (χ2n) is 8.47. The lowest BCUT2D eigenvalue weighted by molar-refractivity contribution is -0.155. The van der Waals surface area contributed by atoms with Gasteiger partial charge in [-0.05, 0) is 56.4 Å². The molecule has 6 nitrogen and oxygen atoms in total. The lowest BCUT2D eigenvalue weighted by Crippen LogP contribution is -2.35. The van der Waals surface area contributed by atoms with E-state index in [4.69, 9.17) is 25.8 Å². The summed E-state index contributed by atoms with van der Waals surface area (Å²) in [5.41, 5.74) is 2.18. The van der Waals surface area contributed by atoms with Gasteiger partial charge in [-0.25, -0.2) is 0 Å². The molecule has 1 spiro atoms. The molecule has 2 fully saturated rings. The Hall–Kier alpha value is -1.47. The van der Waals surface area contributed by atoms with E-state index in [1.165, 1.54) is 0 Å². The summed E-state index contributed by atoms with van der Waals surface area (Å²) >= 11 is 6.33. The molecule has 5 rings (SSSR count). The second kappa shape index (κ2) is 6.80. The molecular weight excluding hydrogens is 378 g/mol. The quantitative estimate of drug-likeness (QED) is 0.762. The number of ether oxygens (including phenoxy) is 3. The van der Waals surface area contributed by atoms with Crippen LogP contribution in [0.1, 0.15) is 55.7 Å². The Morgan fingerprint density at radius 1 is 1.14 bits per heavy atom. The van der Waals surface area contributed by atoms with Crippen LogP contribution < -0.4 is 0 Å². The molecule has 1 saturated carbocycles. The van der Waals surface area contributed by atoms with Crippen molar-refractivity contribution in [2.75, 3.05) is 20.3 Å². The van der Waals surface area contributed by atoms with E-state index in [-0.39, 0.29) is 5.60 Å². The van der Waals surface area contributed by atoms with E-state index in [9.17, 15) is 0 Å². The van der Waals surface area contributed by atoms with Gasteiger partial charge in [0, 0.05) is 24.5 Å². The number of benzene rings is 1. The maximum Gasteiger partial charge on any atom is 0.179 e. The maximum absolute atomic E-state index is 6.33. The normalized spacial score (nSPS) is 28.8. The third-order valence-electron chi connectivity index (χ3n) is 6.64. The Morgan fingerprint density at radius 2 is 1.89 bits per heavy atom. The summed E-state index contributed by atoms with van der Waals surface area (Å²) in [6, 6.07) is 6.03. The van der Waals surface area contributed by atoms with Crippen LogP contribution in [0.2, 0.25) is 5.02 Å². The summed E-state index contributed by atoms with van der Waals surface area (Å²) in [6.45, 7) is 3.41. The van der Waals surface area contributed by atoms with Crippen molar-refractivity contribution >= 4 is 11.6 Å². The Labute approximate surface area is 170 Å². The monoisotopic (exact) mass is 403 g/mol. The molecule has 2 aromatic rings. The van der Waals surface area contributed by atoms with Crippen LogP contribution >= 0.6 is 11.6 Å². The standard InChI is InChI=1S/C21H26ClN3O3/c1-20(26-2)7-5-14(6-8-20)19-24-23-18-13-21(27-9-10-28-21)12-15-11-16(22)3-4-17(15)25(18)19/h3-4,11,14H,5-10,12-13H2,1-2H3. The van der Waals surface area contributed by atoms with Crippen molar-refractivity contribution in [1.82, 2.24) is 14.8 Å². The van der Waals surface area contributed by atoms with Crippen molar-refractivity contribution in [3.63, 3.8) is 0 Å². The lowest BCUT2D eigenvalue weighted by atomic mass is 9.79. The van der Waals surface area contributed by atoms with Crippen LogP contribution in [0.4, 0.5) is 0 Å². The minimum atomic E-state index is -0.667. The van der Waals surface area contributed by atoms with Gasteiger partial charge in [0.25, 0.3) is 0 Å². The van der Waals surface area contributed by atoms with Gasteiger partial charge in [-0.1, -0.05) is 11.6 Å². The zero-order valence-corrected chi connectivity index (χ0v) is 17.2. The van der Waals surface area contributed by atoms with Gasteiger partial charge in [0.05, 0.1) is 30.9 Å². The Bertz CT molecular complexity index is 883. The molecule has 3 aliphatic rings. The number of rotatable bonds is 2. The molecule has 1 aromatic heterocycles. The summed E-state index contributed by atoms with van der Waals surface area (Å²) in [5, 5.41) is 9.94. The first-order valence-electron chi connectivity index (χ1n) is 10.1. The molecule has 0 unspecified atom stereocenters. The van der Waals surface area contributed by atoms with E-state index in [1.54, 1.807) is 0 Å². The maximum atomic E-state index is 6.33. The molecule has 0 amide bonds. The van der Waals surface area contributed by atoms with Crippen LogP contribution in [-0.4, -0.2) is 46.5 Å². The predicted molar refractivity (Wildman–Crippen MR) is 105 cm³/mol. The zero-order chi connectivity index (χ0) is 19.4. The van der Waals surface area contributed by atoms with Crippen molar-refractivity contribution in [3.8, 4) is 5.69 Å². The van der Waals surface area contributed by atoms with Crippen molar-refractivity contribution < 1.29 is 14.2 Å². The van der Waals surface area contributed by atoms with E-state index in [1.807, 2.05) is 19.2 Å². The van der Waals surface area contributed by atoms with Gasteiger partial charge in [-0.3, -0.25) is 4.57 Å². The zero-order valence-electron chi connectivity index (χ0n) is 16.4. The smallest absolute Gasteiger partial charge is 0.179 e. The van der Waals surface area contributed by atoms with Crippen molar-refractivity contribution in [3.05, 3.63) is 40.4 Å². The Balaban J connectivity index is 1.57. The van der Waals surface area contributed by atoms with E-state index < -0.39 is 5.79 Å². The molecule has 1 aliphatic carbocycles. The average molecular weight is 404 g/mol. The molecule has 0 radical (unpaired) electrons. The number of fused-ring (bicyclic) bond motifs is 3. The Kier molecular flexibility index (Phi) is 4.51. The number of methoxy groups -OCH3 is 1. The van der Waals surface area contributed by atoms with E-state index in [2.05, 4.69) is 27.8 Å². The van der Waals surface area contributed by atoms with Crippen molar-refractivity contribution in [2.45, 2.75) is 62.8 Å². The highest BCUT2D eigenvalue weighted by molar-refractivity contribution is 6.30. The van der Waals surface area contributed by atoms with Gasteiger partial charge in [0.1, 0.15) is 11.6 Å². The van der Waals surface area contributed by atoms with Gasteiger partial charge in [0.2, 0.25) is 0 Å². The molecular formula is C21H26ClN3O3. The highest BCUT2D eigenvalue weighted by Crippen LogP contribution is 2.42. The average Bonchev–Trinajstić information content (AvgIpc) is 3.27. The third kappa shape index (κ3) is 3.07. The lowest BCUT2D eigenvalue weighted by Gasteiger charge is -2.35. The minimum absolute atomic E-state index is 0.0286. The molecule has 150 valence electrons. The number of halogens is 1. The van der Waals surface area contributed by atoms with E-state index >= 15 is 0 Å². The summed E-state index contributed by atoms with van der Waals surface area (Å²) in [5.74, 6) is 1.64. The van der Waals surface area contributed by atoms with Gasteiger partial charge in [0.15, 0.2) is 5.79 Å². The molecule has 3 heterocycles. The van der Waals surface area contributed by atoms with Crippen LogP contribution in [0.3, 0.4) is 0 Å². The van der Waals surface area contributed by atoms with Gasteiger partial charge < -0.3 is 14.2 Å². The summed E-state index contributed by atoms with van der Waals surface area (Å²) < 4.78 is 20.0. The summed E-state index contributed by atoms with van der Waals surface area (Å²) in [7, 11) is 1.81. The number of hydrogen-bond acceptors (Lipinski definition) is 5. The highest BCUT2D eigenvalue weighted by atomic mass is 35.5. The first kappa shape index (κ1) is 18.6. The molecule has 0 N–H and O–H groups in total. The minimum Gasteiger partial charge on any atom is -0.379 e. The van der Waals surface area contributed by atoms with Gasteiger partial charge >= 0.3 is 0 Å². The molecule has 28 heavy (non-hydrogen) atoms. The van der Waals surface area contributed by atoms with E-state index in [0.29, 0.717) is 32.0 Å². The van der Waals surface area contributed by atoms with Crippen LogP contribution in [0.15, 0.2) is 18.2 Å². The molecule has 1 aromatic carbocycles. The van der Waals surface area contributed by atoms with Crippen LogP contribution in [0.25, 0.3) is 5.69 Å². The fraction of sp³-hybridized carbons (Fsp3) is 0.619. The van der Waals surface area contributed by atoms with Crippen LogP contribution in [-0.2, 0) is 27.1 Å². The fourth-order valence-electron chi connectivity index (χ4n) is 4.87. The largest absolute Gasteiger partial charge is 0.379 e. The highest BCUT2D eigenvalue weighted by Gasteiger charge is 2.43. The van der Waals surface area contributed by atoms with Gasteiger partial charge in [-0.2, -0.15) is 0 Å². The van der Waals surface area contributed by atoms with Crippen LogP contribution in [0, 0.1) is 0 Å². The first-order valence-corrected chi connectivity index (χ1v) is 10.4. The van der Waals surface area contributed by atoms with Crippen LogP contribution in [0.5, 0.6) is 0 Å². The third-order valence-corrected chi connectivity index (χ3v) is 6.87. The summed E-state index contributed by atoms with van der Waals surface area (Å²) in [6.07, 6.45) is 5.40. The predicted octanol–water partition coefficient (Wildman–Crippen LogP) is 3.83. The molecule has 7 heteroatoms. The molecule has 1 saturated heterocycles. The fourth-order valence-corrected chi connectivity index (χ4v) is 5.07. The Morgan fingerprint density at radius 3 is 2.61 bits per heavy atom. The molecule has 0 bridgehead atoms. The molecule has 2 aliphatic heterocycles. The summed E-state index contributed by atoms with van der Waals surface area (Å²) in [4.78, 5) is 0. The SMILES string of the molecule is COC1(C)CCC(c2nnc3n2-c2ccc(Cl)cc2CC2(C3)OCCO2)CC1. The topological polar surface area (TPSA) is 58.4 Å². The number of aromatic nitrogens is 3. The van der Waals surface area contributed by atoms with Crippen molar-refractivity contribution in [2.24, 2.45) is 0 Å². The van der Waals surface area contributed by atoms with E-state index in [0.717, 1.165) is 53.6 Å². The first-order chi connectivity index (χ1) is 13.5. The van der Waals surface area contributed by atoms with Crippen molar-refractivity contribution in [1.29, 1.82) is 0 Å².